The Kier molecular flexibility index (Phi) is 5.16. The van der Waals surface area contributed by atoms with Crippen LogP contribution < -0.4 is 0 Å². The Labute approximate surface area is 143 Å². The monoisotopic (exact) mass is 320 g/mol. The first-order chi connectivity index (χ1) is 11.7. The van der Waals surface area contributed by atoms with Crippen molar-refractivity contribution in [2.75, 3.05) is 6.61 Å². The summed E-state index contributed by atoms with van der Waals surface area (Å²) in [6.07, 6.45) is 0. The summed E-state index contributed by atoms with van der Waals surface area (Å²) in [5.74, 6) is 0.523. The van der Waals surface area contributed by atoms with E-state index in [1.165, 1.54) is 0 Å². The van der Waals surface area contributed by atoms with Crippen molar-refractivity contribution in [3.05, 3.63) is 60.7 Å². The van der Waals surface area contributed by atoms with E-state index in [-0.39, 0.29) is 5.92 Å². The zero-order chi connectivity index (χ0) is 16.8. The van der Waals surface area contributed by atoms with Crippen molar-refractivity contribution >= 4 is 18.9 Å². The molecule has 0 aromatic heterocycles. The molecule has 1 aliphatic rings. The van der Waals surface area contributed by atoms with Gasteiger partial charge in [0.15, 0.2) is 5.56 Å². The minimum Gasteiger partial charge on any atom is -0.433 e. The predicted octanol–water partition coefficient (Wildman–Crippen LogP) is 4.86. The van der Waals surface area contributed by atoms with Gasteiger partial charge >= 0.3 is 7.48 Å². The molecule has 122 valence electrons. The molecule has 6 heteroatoms. The summed E-state index contributed by atoms with van der Waals surface area (Å²) in [4.78, 5) is 0. The standard InChI is InChI=1S/C18H21BN4O/c1-14(2)17-13-24-19-18(17,22-20-15-9-5-3-6-10-15)23-21-16-11-7-4-8-12-16/h3-12,14,17,19H,13H2,1-2H3/t17-,18?/m0/s1. The molecule has 1 atom stereocenters. The zero-order valence-corrected chi connectivity index (χ0v) is 14.0. The maximum absolute atomic E-state index is 5.70. The predicted molar refractivity (Wildman–Crippen MR) is 96.1 cm³/mol. The molecule has 3 rings (SSSR count). The van der Waals surface area contributed by atoms with Crippen molar-refractivity contribution in [1.82, 2.24) is 0 Å². The number of nitrogens with zero attached hydrogens (tertiary/aromatic N) is 4. The van der Waals surface area contributed by atoms with Gasteiger partial charge in [0.1, 0.15) is 0 Å². The fourth-order valence-electron chi connectivity index (χ4n) is 2.81. The lowest BCUT2D eigenvalue weighted by Gasteiger charge is -2.25. The Morgan fingerprint density at radius 1 is 0.917 bits per heavy atom. The van der Waals surface area contributed by atoms with E-state index in [0.29, 0.717) is 20.0 Å². The second-order valence-electron chi connectivity index (χ2n) is 6.32. The third-order valence-corrected chi connectivity index (χ3v) is 4.20. The summed E-state index contributed by atoms with van der Waals surface area (Å²) < 4.78 is 5.70. The van der Waals surface area contributed by atoms with E-state index in [1.807, 2.05) is 60.7 Å². The van der Waals surface area contributed by atoms with Crippen LogP contribution in [0.2, 0.25) is 0 Å². The number of hydrogen-bond donors (Lipinski definition) is 0. The molecule has 0 bridgehead atoms. The highest BCUT2D eigenvalue weighted by Crippen LogP contribution is 2.37. The lowest BCUT2D eigenvalue weighted by molar-refractivity contribution is 0.235. The molecular formula is C18H21BN4O. The van der Waals surface area contributed by atoms with Crippen LogP contribution in [0.3, 0.4) is 0 Å². The van der Waals surface area contributed by atoms with Crippen LogP contribution in [-0.2, 0) is 4.65 Å². The molecule has 5 nitrogen and oxygen atoms in total. The van der Waals surface area contributed by atoms with Gasteiger partial charge in [0, 0.05) is 12.5 Å². The number of rotatable bonds is 5. The summed E-state index contributed by atoms with van der Waals surface area (Å²) in [5.41, 5.74) is 0.849. The van der Waals surface area contributed by atoms with Gasteiger partial charge < -0.3 is 4.65 Å². The van der Waals surface area contributed by atoms with E-state index in [2.05, 4.69) is 34.3 Å². The average Bonchev–Trinajstić information content (AvgIpc) is 3.05. The maximum atomic E-state index is 5.70. The first kappa shape index (κ1) is 16.5. The third kappa shape index (κ3) is 3.76. The van der Waals surface area contributed by atoms with Gasteiger partial charge in [0.05, 0.1) is 11.4 Å². The molecule has 0 amide bonds. The molecule has 1 aliphatic heterocycles. The van der Waals surface area contributed by atoms with Gasteiger partial charge in [-0.05, 0) is 30.2 Å². The normalized spacial score (nSPS) is 24.0. The lowest BCUT2D eigenvalue weighted by Crippen LogP contribution is -2.37. The Bertz CT molecular complexity index is 654. The number of hydrogen-bond acceptors (Lipinski definition) is 5. The van der Waals surface area contributed by atoms with Gasteiger partial charge in [0.2, 0.25) is 0 Å². The first-order valence-corrected chi connectivity index (χ1v) is 8.23. The van der Waals surface area contributed by atoms with Gasteiger partial charge in [-0.15, -0.1) is 0 Å². The molecule has 1 fully saturated rings. The van der Waals surface area contributed by atoms with Crippen LogP contribution in [0.4, 0.5) is 11.4 Å². The summed E-state index contributed by atoms with van der Waals surface area (Å²) in [6.45, 7) is 4.94. The first-order valence-electron chi connectivity index (χ1n) is 8.23. The van der Waals surface area contributed by atoms with E-state index in [0.717, 1.165) is 11.4 Å². The van der Waals surface area contributed by atoms with Crippen LogP contribution >= 0.6 is 0 Å². The Morgan fingerprint density at radius 2 is 1.42 bits per heavy atom. The van der Waals surface area contributed by atoms with Gasteiger partial charge in [-0.25, -0.2) is 0 Å². The molecule has 2 aromatic carbocycles. The molecule has 0 unspecified atom stereocenters. The van der Waals surface area contributed by atoms with Crippen LogP contribution in [0.5, 0.6) is 0 Å². The molecule has 0 saturated carbocycles. The SMILES string of the molecule is CC(C)[C@@H]1COBC1(N=Nc1ccccc1)N=Nc1ccccc1. The van der Waals surface area contributed by atoms with Crippen molar-refractivity contribution in [2.24, 2.45) is 32.3 Å². The molecule has 1 heterocycles. The van der Waals surface area contributed by atoms with E-state index in [1.54, 1.807) is 0 Å². The Balaban J connectivity index is 1.92. The Morgan fingerprint density at radius 3 is 1.88 bits per heavy atom. The minimum atomic E-state index is -0.764. The molecule has 0 spiro atoms. The topological polar surface area (TPSA) is 58.7 Å². The second kappa shape index (κ2) is 7.49. The summed E-state index contributed by atoms with van der Waals surface area (Å²) >= 11 is 0. The lowest BCUT2D eigenvalue weighted by atomic mass is 9.71. The molecule has 24 heavy (non-hydrogen) atoms. The molecular weight excluding hydrogens is 299 g/mol. The van der Waals surface area contributed by atoms with Gasteiger partial charge in [-0.3, -0.25) is 0 Å². The molecule has 0 N–H and O–H groups in total. The summed E-state index contributed by atoms with van der Waals surface area (Å²) in [5, 5.41) is 18.0. The fourth-order valence-corrected chi connectivity index (χ4v) is 2.81. The van der Waals surface area contributed by atoms with Crippen LogP contribution in [0.15, 0.2) is 81.1 Å². The number of azo groups is 2. The second-order valence-corrected chi connectivity index (χ2v) is 6.32. The van der Waals surface area contributed by atoms with E-state index >= 15 is 0 Å². The highest BCUT2D eigenvalue weighted by Gasteiger charge is 2.48. The third-order valence-electron chi connectivity index (χ3n) is 4.20. The van der Waals surface area contributed by atoms with Crippen molar-refractivity contribution in [1.29, 1.82) is 0 Å². The van der Waals surface area contributed by atoms with E-state index < -0.39 is 5.56 Å². The smallest absolute Gasteiger partial charge is 0.335 e. The van der Waals surface area contributed by atoms with Gasteiger partial charge in [-0.1, -0.05) is 50.2 Å². The Hall–Kier alpha value is -2.34. The molecule has 2 aromatic rings. The molecule has 0 radical (unpaired) electrons. The maximum Gasteiger partial charge on any atom is 0.335 e. The largest absolute Gasteiger partial charge is 0.433 e. The van der Waals surface area contributed by atoms with Crippen molar-refractivity contribution in [3.8, 4) is 0 Å². The van der Waals surface area contributed by atoms with Crippen LogP contribution in [0.25, 0.3) is 0 Å². The van der Waals surface area contributed by atoms with Crippen LogP contribution in [0.1, 0.15) is 13.8 Å². The quantitative estimate of drug-likeness (QED) is 0.573. The molecule has 0 aliphatic carbocycles. The van der Waals surface area contributed by atoms with E-state index in [9.17, 15) is 0 Å². The van der Waals surface area contributed by atoms with Crippen LogP contribution in [0, 0.1) is 11.8 Å². The highest BCUT2D eigenvalue weighted by atomic mass is 16.4. The van der Waals surface area contributed by atoms with Gasteiger partial charge in [0.25, 0.3) is 0 Å². The highest BCUT2D eigenvalue weighted by molar-refractivity contribution is 6.33. The summed E-state index contributed by atoms with van der Waals surface area (Å²) in [6, 6.07) is 19.4. The zero-order valence-electron chi connectivity index (χ0n) is 14.0. The fraction of sp³-hybridized carbons (Fsp3) is 0.333. The van der Waals surface area contributed by atoms with Crippen molar-refractivity contribution < 1.29 is 4.65 Å². The summed E-state index contributed by atoms with van der Waals surface area (Å²) in [7, 11) is 0.405. The average molecular weight is 320 g/mol. The van der Waals surface area contributed by atoms with E-state index in [4.69, 9.17) is 4.65 Å². The number of benzene rings is 2. The minimum absolute atomic E-state index is 0.150. The van der Waals surface area contributed by atoms with Gasteiger partial charge in [-0.2, -0.15) is 20.5 Å². The van der Waals surface area contributed by atoms with Crippen LogP contribution in [-0.4, -0.2) is 19.7 Å². The van der Waals surface area contributed by atoms with Crippen molar-refractivity contribution in [2.45, 2.75) is 19.4 Å². The molecule has 1 saturated heterocycles. The van der Waals surface area contributed by atoms with Crippen molar-refractivity contribution in [3.63, 3.8) is 0 Å².